The largest absolute Gasteiger partial charge is 0.294 e. The Balaban J connectivity index is 1.83. The molecule has 2 bridgehead atoms. The van der Waals surface area contributed by atoms with Crippen LogP contribution in [0, 0.1) is 17.6 Å². The molecule has 0 aromatic heterocycles. The van der Waals surface area contributed by atoms with Crippen molar-refractivity contribution >= 4 is 16.6 Å². The third-order valence-corrected chi connectivity index (χ3v) is 6.25. The van der Waals surface area contributed by atoms with Crippen molar-refractivity contribution in [1.82, 2.24) is 0 Å². The van der Waals surface area contributed by atoms with Gasteiger partial charge in [-0.3, -0.25) is 9.00 Å². The van der Waals surface area contributed by atoms with E-state index < -0.39 is 22.4 Å². The van der Waals surface area contributed by atoms with Gasteiger partial charge in [0.2, 0.25) is 0 Å². The van der Waals surface area contributed by atoms with Crippen LogP contribution < -0.4 is 0 Å². The van der Waals surface area contributed by atoms with Gasteiger partial charge in [-0.15, -0.1) is 0 Å². The van der Waals surface area contributed by atoms with Crippen molar-refractivity contribution in [1.29, 1.82) is 0 Å². The number of Topliss-reactive ketones (excluding diaryl/α,β-unsaturated/α-hetero) is 1. The number of hydrogen-bond donors (Lipinski definition) is 0. The van der Waals surface area contributed by atoms with Crippen LogP contribution in [0.5, 0.6) is 0 Å². The van der Waals surface area contributed by atoms with E-state index in [0.717, 1.165) is 31.0 Å². The monoisotopic (exact) mass is 284 g/mol. The minimum Gasteiger partial charge on any atom is -0.294 e. The highest BCUT2D eigenvalue weighted by Gasteiger charge is 2.42. The predicted octanol–water partition coefficient (Wildman–Crippen LogP) is 2.84. The average molecular weight is 284 g/mol. The van der Waals surface area contributed by atoms with Crippen LogP contribution in [-0.2, 0) is 10.8 Å². The van der Waals surface area contributed by atoms with Gasteiger partial charge in [-0.2, -0.15) is 0 Å². The van der Waals surface area contributed by atoms with Gasteiger partial charge in [0.15, 0.2) is 5.78 Å². The maximum Gasteiger partial charge on any atom is 0.166 e. The van der Waals surface area contributed by atoms with Crippen molar-refractivity contribution in [3.05, 3.63) is 35.4 Å². The highest BCUT2D eigenvalue weighted by Crippen LogP contribution is 2.39. The lowest BCUT2D eigenvalue weighted by Gasteiger charge is -2.26. The second-order valence-electron chi connectivity index (χ2n) is 5.34. The van der Waals surface area contributed by atoms with Crippen LogP contribution in [0.25, 0.3) is 0 Å². The first kappa shape index (κ1) is 12.9. The summed E-state index contributed by atoms with van der Waals surface area (Å²) in [5.41, 5.74) is 0.0922. The molecule has 0 radical (unpaired) electrons. The molecule has 2 saturated heterocycles. The van der Waals surface area contributed by atoms with Gasteiger partial charge >= 0.3 is 0 Å². The first-order chi connectivity index (χ1) is 9.04. The van der Waals surface area contributed by atoms with Crippen molar-refractivity contribution in [2.45, 2.75) is 36.2 Å². The van der Waals surface area contributed by atoms with E-state index in [-0.39, 0.29) is 27.8 Å². The summed E-state index contributed by atoms with van der Waals surface area (Å²) in [4.78, 5) is 12.3. The number of benzene rings is 1. The van der Waals surface area contributed by atoms with E-state index in [1.54, 1.807) is 0 Å². The fourth-order valence-electron chi connectivity index (χ4n) is 3.18. The first-order valence-corrected chi connectivity index (χ1v) is 7.72. The van der Waals surface area contributed by atoms with Crippen molar-refractivity contribution in [3.63, 3.8) is 0 Å². The fourth-order valence-corrected chi connectivity index (χ4v) is 5.30. The number of halogens is 2. The Kier molecular flexibility index (Phi) is 3.25. The molecule has 3 rings (SSSR count). The Morgan fingerprint density at radius 3 is 2.11 bits per heavy atom. The van der Waals surface area contributed by atoms with Gasteiger partial charge in [-0.25, -0.2) is 8.78 Å². The second-order valence-corrected chi connectivity index (χ2v) is 7.33. The Labute approximate surface area is 112 Å². The number of carbonyl (C=O) groups is 1. The minimum absolute atomic E-state index is 0.0890. The summed E-state index contributed by atoms with van der Waals surface area (Å²) in [6, 6.07) is 2.92. The summed E-state index contributed by atoms with van der Waals surface area (Å²) < 4.78 is 38.2. The SMILES string of the molecule is O=C(c1cc(F)cc(F)c1)C1CC2CCC(C1)S2=O. The molecule has 19 heavy (non-hydrogen) atoms. The predicted molar refractivity (Wildman–Crippen MR) is 68.4 cm³/mol. The molecule has 2 aliphatic heterocycles. The fraction of sp³-hybridized carbons (Fsp3) is 0.500. The van der Waals surface area contributed by atoms with Gasteiger partial charge in [0.25, 0.3) is 0 Å². The van der Waals surface area contributed by atoms with E-state index in [4.69, 9.17) is 0 Å². The molecule has 0 saturated carbocycles. The number of ketones is 1. The summed E-state index contributed by atoms with van der Waals surface area (Å²) >= 11 is 0. The Morgan fingerprint density at radius 1 is 1.05 bits per heavy atom. The maximum atomic E-state index is 13.1. The van der Waals surface area contributed by atoms with Crippen molar-refractivity contribution in [3.8, 4) is 0 Å². The van der Waals surface area contributed by atoms with Crippen LogP contribution in [0.2, 0.25) is 0 Å². The zero-order chi connectivity index (χ0) is 13.6. The quantitative estimate of drug-likeness (QED) is 0.783. The van der Waals surface area contributed by atoms with E-state index in [1.807, 2.05) is 0 Å². The molecule has 2 aliphatic rings. The summed E-state index contributed by atoms with van der Waals surface area (Å²) in [6.45, 7) is 0. The zero-order valence-electron chi connectivity index (χ0n) is 10.3. The van der Waals surface area contributed by atoms with Gasteiger partial charge < -0.3 is 0 Å². The van der Waals surface area contributed by atoms with Crippen LogP contribution in [0.3, 0.4) is 0 Å². The molecule has 1 aromatic carbocycles. The highest BCUT2D eigenvalue weighted by atomic mass is 32.2. The Hall–Kier alpha value is -1.10. The molecular formula is C14H14F2O2S. The lowest BCUT2D eigenvalue weighted by Crippen LogP contribution is -2.32. The van der Waals surface area contributed by atoms with Gasteiger partial charge in [-0.1, -0.05) is 0 Å². The number of carbonyl (C=O) groups excluding carboxylic acids is 1. The molecule has 2 nitrogen and oxygen atoms in total. The van der Waals surface area contributed by atoms with Gasteiger partial charge in [0, 0.05) is 38.8 Å². The molecule has 0 amide bonds. The molecule has 2 heterocycles. The van der Waals surface area contributed by atoms with Crippen molar-refractivity contribution < 1.29 is 17.8 Å². The molecular weight excluding hydrogens is 270 g/mol. The van der Waals surface area contributed by atoms with Crippen LogP contribution in [0.4, 0.5) is 8.78 Å². The molecule has 2 fully saturated rings. The van der Waals surface area contributed by atoms with E-state index >= 15 is 0 Å². The van der Waals surface area contributed by atoms with E-state index in [2.05, 4.69) is 0 Å². The summed E-state index contributed by atoms with van der Waals surface area (Å²) in [7, 11) is -0.821. The average Bonchev–Trinajstić information content (AvgIpc) is 2.60. The Bertz CT molecular complexity index is 522. The van der Waals surface area contributed by atoms with Crippen LogP contribution in [-0.4, -0.2) is 20.5 Å². The van der Waals surface area contributed by atoms with Gasteiger partial charge in [-0.05, 0) is 37.8 Å². The van der Waals surface area contributed by atoms with Gasteiger partial charge in [0.05, 0.1) is 0 Å². The second kappa shape index (κ2) is 4.78. The van der Waals surface area contributed by atoms with Crippen LogP contribution >= 0.6 is 0 Å². The van der Waals surface area contributed by atoms with Crippen LogP contribution in [0.15, 0.2) is 18.2 Å². The summed E-state index contributed by atoms with van der Waals surface area (Å²) in [5, 5.41) is 0.178. The Morgan fingerprint density at radius 2 is 1.58 bits per heavy atom. The number of fused-ring (bicyclic) bond motifs is 2. The summed E-state index contributed by atoms with van der Waals surface area (Å²) in [5.74, 6) is -1.92. The molecule has 5 heteroatoms. The summed E-state index contributed by atoms with van der Waals surface area (Å²) in [6.07, 6.45) is 2.97. The molecule has 0 aliphatic carbocycles. The standard InChI is InChI=1S/C14H14F2O2S/c15-10-3-8(4-11(16)7-10)14(17)9-5-12-1-2-13(6-9)19(12)18/h3-4,7,9,12-13H,1-2,5-6H2. The third kappa shape index (κ3) is 2.36. The van der Waals surface area contributed by atoms with E-state index in [0.29, 0.717) is 12.8 Å². The topological polar surface area (TPSA) is 34.1 Å². The first-order valence-electron chi connectivity index (χ1n) is 6.44. The molecule has 102 valence electrons. The molecule has 2 atom stereocenters. The zero-order valence-corrected chi connectivity index (χ0v) is 11.1. The van der Waals surface area contributed by atoms with Crippen LogP contribution in [0.1, 0.15) is 36.0 Å². The number of hydrogen-bond acceptors (Lipinski definition) is 2. The minimum atomic E-state index is -0.821. The smallest absolute Gasteiger partial charge is 0.166 e. The molecule has 0 N–H and O–H groups in total. The maximum absolute atomic E-state index is 13.1. The van der Waals surface area contributed by atoms with E-state index in [9.17, 15) is 17.8 Å². The van der Waals surface area contributed by atoms with Gasteiger partial charge in [0.1, 0.15) is 11.6 Å². The lowest BCUT2D eigenvalue weighted by molar-refractivity contribution is 0.0905. The highest BCUT2D eigenvalue weighted by molar-refractivity contribution is 7.86. The lowest BCUT2D eigenvalue weighted by atomic mass is 9.90. The molecule has 1 aromatic rings. The van der Waals surface area contributed by atoms with E-state index in [1.165, 1.54) is 0 Å². The van der Waals surface area contributed by atoms with Crippen molar-refractivity contribution in [2.75, 3.05) is 0 Å². The number of rotatable bonds is 2. The molecule has 2 unspecified atom stereocenters. The molecule has 0 spiro atoms. The normalized spacial score (nSPS) is 33.4. The van der Waals surface area contributed by atoms with Crippen molar-refractivity contribution in [2.24, 2.45) is 5.92 Å². The third-order valence-electron chi connectivity index (χ3n) is 4.08.